The second-order valence-corrected chi connectivity index (χ2v) is 21.0. The van der Waals surface area contributed by atoms with Gasteiger partial charge in [0.05, 0.1) is 0 Å². The van der Waals surface area contributed by atoms with Crippen LogP contribution < -0.4 is 0 Å². The molecule has 0 atom stereocenters. The zero-order valence-electron chi connectivity index (χ0n) is 13.2. The van der Waals surface area contributed by atoms with E-state index in [1.807, 2.05) is 0 Å². The van der Waals surface area contributed by atoms with E-state index in [1.54, 1.807) is 0 Å². The predicted octanol–water partition coefficient (Wildman–Crippen LogP) is -1.37. The summed E-state index contributed by atoms with van der Waals surface area (Å²) in [6, 6.07) is 0. The van der Waals surface area contributed by atoms with Gasteiger partial charge in [0.2, 0.25) is 0 Å². The number of fused-ring (bicyclic) bond motifs is 12. The van der Waals surface area contributed by atoms with E-state index in [0.717, 1.165) is 39.3 Å². The molecule has 6 rings (SSSR count). The molecule has 0 amide bonds. The van der Waals surface area contributed by atoms with Gasteiger partial charge in [-0.2, -0.15) is 0 Å². The van der Waals surface area contributed by atoms with E-state index in [1.165, 1.54) is 0 Å². The van der Waals surface area contributed by atoms with Crippen LogP contribution in [0.5, 0.6) is 0 Å². The third-order valence-corrected chi connectivity index (χ3v) is 24.9. The Morgan fingerprint density at radius 3 is 1.00 bits per heavy atom. The molecule has 0 aromatic rings. The average Bonchev–Trinajstić information content (AvgIpc) is 2.41. The van der Waals surface area contributed by atoms with Gasteiger partial charge in [-0.15, -0.1) is 0 Å². The van der Waals surface area contributed by atoms with E-state index in [2.05, 4.69) is 9.80 Å². The molecule has 0 aromatic carbocycles. The molecule has 23 heavy (non-hydrogen) atoms. The van der Waals surface area contributed by atoms with Crippen LogP contribution in [0.25, 0.3) is 0 Å². The van der Waals surface area contributed by atoms with Gasteiger partial charge in [-0.3, -0.25) is 0 Å². The standard InChI is InChI=1S/2C6H12NO3.O.2Sn/c2*8-4-1-7(2-5-9)3-6-10;;;/h2*1-6H2;;;/q2*-3;;2*+3. The number of nitrogens with zero attached hydrogens (tertiary/aromatic N) is 2. The van der Waals surface area contributed by atoms with Crippen LogP contribution in [-0.2, 0) is 19.9 Å². The summed E-state index contributed by atoms with van der Waals surface area (Å²) in [5.41, 5.74) is 0. The van der Waals surface area contributed by atoms with E-state index < -0.39 is 40.1 Å². The molecule has 11 heteroatoms. The Hall–Kier alpha value is 1.24. The van der Waals surface area contributed by atoms with Crippen molar-refractivity contribution in [2.75, 3.05) is 78.9 Å². The fourth-order valence-electron chi connectivity index (χ4n) is 3.05. The molecule has 6 saturated heterocycles. The van der Waals surface area contributed by atoms with Crippen molar-refractivity contribution in [3.05, 3.63) is 0 Å². The molecular weight excluding hydrogens is 522 g/mol. The van der Waals surface area contributed by atoms with E-state index in [4.69, 9.17) is 19.9 Å². The van der Waals surface area contributed by atoms with Crippen molar-refractivity contribution in [3.8, 4) is 0 Å². The van der Waals surface area contributed by atoms with Crippen LogP contribution in [0, 0.1) is 0 Å². The van der Waals surface area contributed by atoms with Crippen molar-refractivity contribution in [2.24, 2.45) is 0 Å². The van der Waals surface area contributed by atoms with E-state index in [9.17, 15) is 0 Å². The van der Waals surface area contributed by atoms with Crippen molar-refractivity contribution in [2.45, 2.75) is 0 Å². The van der Waals surface area contributed by atoms with Crippen LogP contribution in [-0.4, -0.2) is 129 Å². The molecule has 6 fully saturated rings. The monoisotopic (exact) mass is 548 g/mol. The Morgan fingerprint density at radius 1 is 0.478 bits per heavy atom. The Kier molecular flexibility index (Phi) is 6.03. The first-order valence-corrected chi connectivity index (χ1v) is 17.6. The molecule has 132 valence electrons. The summed E-state index contributed by atoms with van der Waals surface area (Å²) in [4.78, 5) is 4.56. The fourth-order valence-corrected chi connectivity index (χ4v) is 24.8. The Morgan fingerprint density at radius 2 is 0.739 bits per heavy atom. The van der Waals surface area contributed by atoms with Crippen LogP contribution in [0.15, 0.2) is 0 Å². The van der Waals surface area contributed by atoms with Crippen molar-refractivity contribution >= 4 is 40.1 Å². The number of hydrogen-bond acceptors (Lipinski definition) is 9. The first-order chi connectivity index (χ1) is 11.3. The molecule has 0 aromatic heterocycles. The van der Waals surface area contributed by atoms with Gasteiger partial charge in [-0.05, 0) is 0 Å². The average molecular weight is 546 g/mol. The molecule has 0 saturated carbocycles. The third kappa shape index (κ3) is 4.32. The van der Waals surface area contributed by atoms with Crippen molar-refractivity contribution < 1.29 is 19.9 Å². The molecule has 9 nitrogen and oxygen atoms in total. The summed E-state index contributed by atoms with van der Waals surface area (Å²) >= 11 is -8.29. The Labute approximate surface area is 148 Å². The number of hydrogen-bond donors (Lipinski definition) is 0. The van der Waals surface area contributed by atoms with Crippen LogP contribution in [0.3, 0.4) is 0 Å². The van der Waals surface area contributed by atoms with Gasteiger partial charge in [0.15, 0.2) is 0 Å². The second-order valence-electron chi connectivity index (χ2n) is 5.88. The minimum absolute atomic E-state index is 0.561. The van der Waals surface area contributed by atoms with Crippen molar-refractivity contribution in [1.29, 1.82) is 0 Å². The van der Waals surface area contributed by atoms with Gasteiger partial charge in [-0.25, -0.2) is 0 Å². The minimum atomic E-state index is -4.14. The molecule has 6 aliphatic heterocycles. The molecule has 0 spiro atoms. The zero-order valence-corrected chi connectivity index (χ0v) is 18.9. The van der Waals surface area contributed by atoms with Crippen LogP contribution in [0.1, 0.15) is 0 Å². The summed E-state index contributed by atoms with van der Waals surface area (Å²) in [6.45, 7) is 8.67. The van der Waals surface area contributed by atoms with E-state index in [0.29, 0.717) is 39.6 Å². The molecule has 6 aliphatic rings. The Balaban J connectivity index is 1.52. The molecule has 6 heterocycles. The van der Waals surface area contributed by atoms with Crippen molar-refractivity contribution in [3.63, 3.8) is 0 Å². The van der Waals surface area contributed by atoms with Gasteiger partial charge in [-0.1, -0.05) is 0 Å². The molecule has 0 N–H and O–H groups in total. The summed E-state index contributed by atoms with van der Waals surface area (Å²) in [6.07, 6.45) is 0. The van der Waals surface area contributed by atoms with Crippen LogP contribution >= 0.6 is 0 Å². The normalized spacial score (nSPS) is 45.4. The first-order valence-electron chi connectivity index (χ1n) is 8.26. The van der Waals surface area contributed by atoms with Gasteiger partial charge in [0, 0.05) is 0 Å². The molecular formula is C12H24N2O7Sn2. The summed E-state index contributed by atoms with van der Waals surface area (Å²) in [7, 11) is 0. The van der Waals surface area contributed by atoms with Crippen LogP contribution in [0.2, 0.25) is 0 Å². The first kappa shape index (κ1) is 17.6. The SMILES string of the molecule is C1CN2CC[O][Sn]([O][Sn]34[O]CCN(CC[O]3)CC[O]4)([O]1)[O]CC2. The van der Waals surface area contributed by atoms with Crippen LogP contribution in [0.4, 0.5) is 0 Å². The molecule has 4 bridgehead atoms. The predicted molar refractivity (Wildman–Crippen MR) is 81.2 cm³/mol. The summed E-state index contributed by atoms with van der Waals surface area (Å²) in [5.74, 6) is 0. The molecule has 0 radical (unpaired) electrons. The van der Waals surface area contributed by atoms with E-state index in [-0.39, 0.29) is 0 Å². The summed E-state index contributed by atoms with van der Waals surface area (Å²) in [5, 5.41) is 0. The van der Waals surface area contributed by atoms with Gasteiger partial charge >= 0.3 is 149 Å². The zero-order chi connectivity index (χ0) is 15.6. The second kappa shape index (κ2) is 7.86. The maximum absolute atomic E-state index is 6.36. The molecule has 0 unspecified atom stereocenters. The molecule has 0 aliphatic carbocycles. The fraction of sp³-hybridized carbons (Fsp3) is 1.00. The van der Waals surface area contributed by atoms with Gasteiger partial charge in [0.1, 0.15) is 0 Å². The third-order valence-electron chi connectivity index (χ3n) is 4.37. The van der Waals surface area contributed by atoms with Gasteiger partial charge < -0.3 is 0 Å². The topological polar surface area (TPSA) is 71.1 Å². The van der Waals surface area contributed by atoms with Gasteiger partial charge in [0.25, 0.3) is 0 Å². The quantitative estimate of drug-likeness (QED) is 0.391. The summed E-state index contributed by atoms with van der Waals surface area (Å²) < 4.78 is 42.4. The Bertz CT molecular complexity index is 330. The number of rotatable bonds is 2. The maximum atomic E-state index is 6.36. The van der Waals surface area contributed by atoms with E-state index >= 15 is 0 Å². The van der Waals surface area contributed by atoms with Crippen molar-refractivity contribution in [1.82, 2.24) is 9.80 Å².